The van der Waals surface area contributed by atoms with Crippen LogP contribution in [0.3, 0.4) is 0 Å². The number of aliphatic hydroxyl groups excluding tert-OH is 4. The van der Waals surface area contributed by atoms with Gasteiger partial charge in [-0.25, -0.2) is 0 Å². The molecule has 23 heavy (non-hydrogen) atoms. The minimum atomic E-state index is -0.725. The van der Waals surface area contributed by atoms with E-state index in [1.165, 1.54) is 0 Å². The summed E-state index contributed by atoms with van der Waals surface area (Å²) in [5.74, 6) is -0.264. The molecule has 132 valence electrons. The molecule has 4 N–H and O–H groups in total. The van der Waals surface area contributed by atoms with Gasteiger partial charge < -0.3 is 20.4 Å². The second kappa shape index (κ2) is 11.5. The Morgan fingerprint density at radius 2 is 1.70 bits per heavy atom. The molecule has 6 heteroatoms. The minimum absolute atomic E-state index is 0.0500. The van der Waals surface area contributed by atoms with Crippen molar-refractivity contribution >= 4 is 0 Å². The predicted octanol–water partition coefficient (Wildman–Crippen LogP) is 0.543. The molecule has 3 atom stereocenters. The summed E-state index contributed by atoms with van der Waals surface area (Å²) < 4.78 is 0. The van der Waals surface area contributed by atoms with Gasteiger partial charge in [0.2, 0.25) is 0 Å². The number of aliphatic hydroxyl groups is 4. The van der Waals surface area contributed by atoms with Crippen molar-refractivity contribution in [1.82, 2.24) is 5.06 Å². The standard InChI is InChI=1S/C17H29NO5/c1-14(21)11-18(12-15-5-3-2-4-6-15)23-13-16(7-9-19)17(22)8-10-20/h2-6,14,16-17,19-22H,7-13H2,1H3. The van der Waals surface area contributed by atoms with E-state index in [2.05, 4.69) is 0 Å². The summed E-state index contributed by atoms with van der Waals surface area (Å²) in [4.78, 5) is 5.76. The highest BCUT2D eigenvalue weighted by Crippen LogP contribution is 2.15. The molecule has 0 aliphatic heterocycles. The van der Waals surface area contributed by atoms with Crippen LogP contribution < -0.4 is 0 Å². The summed E-state index contributed by atoms with van der Waals surface area (Å²) >= 11 is 0. The second-order valence-electron chi connectivity index (χ2n) is 5.80. The van der Waals surface area contributed by atoms with Gasteiger partial charge >= 0.3 is 0 Å². The lowest BCUT2D eigenvalue weighted by Gasteiger charge is -2.28. The van der Waals surface area contributed by atoms with Crippen molar-refractivity contribution in [2.45, 2.75) is 38.5 Å². The molecule has 3 unspecified atom stereocenters. The Morgan fingerprint density at radius 3 is 2.26 bits per heavy atom. The van der Waals surface area contributed by atoms with Crippen molar-refractivity contribution in [2.24, 2.45) is 5.92 Å². The molecule has 6 nitrogen and oxygen atoms in total. The molecule has 0 aliphatic carbocycles. The predicted molar refractivity (Wildman–Crippen MR) is 87.4 cm³/mol. The Morgan fingerprint density at radius 1 is 1.04 bits per heavy atom. The lowest BCUT2D eigenvalue weighted by Crippen LogP contribution is -2.35. The van der Waals surface area contributed by atoms with Crippen LogP contribution in [0, 0.1) is 5.92 Å². The maximum atomic E-state index is 10.0. The third kappa shape index (κ3) is 8.41. The molecule has 0 amide bonds. The molecule has 0 saturated carbocycles. The fraction of sp³-hybridized carbons (Fsp3) is 0.647. The van der Waals surface area contributed by atoms with Crippen LogP contribution in [0.4, 0.5) is 0 Å². The second-order valence-corrected chi connectivity index (χ2v) is 5.80. The zero-order valence-corrected chi connectivity index (χ0v) is 13.7. The zero-order chi connectivity index (χ0) is 17.1. The molecule has 0 radical (unpaired) electrons. The number of hydrogen-bond donors (Lipinski definition) is 4. The van der Waals surface area contributed by atoms with Crippen molar-refractivity contribution < 1.29 is 25.3 Å². The van der Waals surface area contributed by atoms with Crippen molar-refractivity contribution in [3.63, 3.8) is 0 Å². The Kier molecular flexibility index (Phi) is 10.0. The van der Waals surface area contributed by atoms with E-state index in [1.807, 2.05) is 30.3 Å². The van der Waals surface area contributed by atoms with E-state index >= 15 is 0 Å². The SMILES string of the molecule is CC(O)CN(Cc1ccccc1)OCC(CCO)C(O)CCO. The van der Waals surface area contributed by atoms with E-state index in [0.29, 0.717) is 19.5 Å². The molecule has 1 aromatic carbocycles. The van der Waals surface area contributed by atoms with Gasteiger partial charge in [0.1, 0.15) is 0 Å². The van der Waals surface area contributed by atoms with E-state index < -0.39 is 12.2 Å². The molecule has 0 aromatic heterocycles. The molecule has 0 aliphatic rings. The smallest absolute Gasteiger partial charge is 0.0739 e. The van der Waals surface area contributed by atoms with E-state index in [1.54, 1.807) is 12.0 Å². The highest BCUT2D eigenvalue weighted by atomic mass is 16.7. The van der Waals surface area contributed by atoms with Gasteiger partial charge in [0.25, 0.3) is 0 Å². The van der Waals surface area contributed by atoms with Gasteiger partial charge in [0.05, 0.1) is 25.4 Å². The first-order valence-electron chi connectivity index (χ1n) is 8.06. The number of hydrogen-bond acceptors (Lipinski definition) is 6. The lowest BCUT2D eigenvalue weighted by atomic mass is 9.98. The van der Waals surface area contributed by atoms with Gasteiger partial charge in [-0.3, -0.25) is 4.84 Å². The number of hydroxylamine groups is 2. The molecular weight excluding hydrogens is 298 g/mol. The van der Waals surface area contributed by atoms with Crippen LogP contribution in [0.1, 0.15) is 25.3 Å². The number of nitrogens with zero attached hydrogens (tertiary/aromatic N) is 1. The van der Waals surface area contributed by atoms with Crippen molar-refractivity contribution in [2.75, 3.05) is 26.4 Å². The van der Waals surface area contributed by atoms with Gasteiger partial charge in [-0.15, -0.1) is 0 Å². The molecule has 0 heterocycles. The molecular formula is C17H29NO5. The lowest BCUT2D eigenvalue weighted by molar-refractivity contribution is -0.196. The van der Waals surface area contributed by atoms with Crippen LogP contribution in [0.2, 0.25) is 0 Å². The minimum Gasteiger partial charge on any atom is -0.396 e. The van der Waals surface area contributed by atoms with Gasteiger partial charge in [-0.2, -0.15) is 5.06 Å². The van der Waals surface area contributed by atoms with Crippen molar-refractivity contribution in [3.8, 4) is 0 Å². The van der Waals surface area contributed by atoms with Crippen LogP contribution in [-0.4, -0.2) is 64.1 Å². The summed E-state index contributed by atoms with van der Waals surface area (Å²) in [6, 6.07) is 9.77. The first-order valence-corrected chi connectivity index (χ1v) is 8.06. The first-order chi connectivity index (χ1) is 11.1. The van der Waals surface area contributed by atoms with Crippen molar-refractivity contribution in [3.05, 3.63) is 35.9 Å². The van der Waals surface area contributed by atoms with Crippen LogP contribution in [-0.2, 0) is 11.4 Å². The third-order valence-electron chi connectivity index (χ3n) is 3.61. The maximum absolute atomic E-state index is 10.0. The zero-order valence-electron chi connectivity index (χ0n) is 13.7. The first kappa shape index (κ1) is 20.0. The molecule has 1 aromatic rings. The van der Waals surface area contributed by atoms with Crippen LogP contribution in [0.15, 0.2) is 30.3 Å². The van der Waals surface area contributed by atoms with E-state index in [4.69, 9.17) is 15.1 Å². The van der Waals surface area contributed by atoms with Crippen LogP contribution in [0.25, 0.3) is 0 Å². The summed E-state index contributed by atoms with van der Waals surface area (Å²) in [7, 11) is 0. The van der Waals surface area contributed by atoms with Crippen LogP contribution in [0.5, 0.6) is 0 Å². The summed E-state index contributed by atoms with van der Waals surface area (Å²) in [6.07, 6.45) is -0.618. The third-order valence-corrected chi connectivity index (χ3v) is 3.61. The van der Waals surface area contributed by atoms with Crippen LogP contribution >= 0.6 is 0 Å². The Bertz CT molecular complexity index is 401. The van der Waals surface area contributed by atoms with Gasteiger partial charge in [-0.1, -0.05) is 30.3 Å². The summed E-state index contributed by atoms with van der Waals surface area (Å²) in [5, 5.41) is 39.3. The molecule has 0 fully saturated rings. The fourth-order valence-corrected chi connectivity index (χ4v) is 2.37. The Balaban J connectivity index is 2.60. The van der Waals surface area contributed by atoms with E-state index in [9.17, 15) is 10.2 Å². The highest BCUT2D eigenvalue weighted by Gasteiger charge is 2.21. The average molecular weight is 327 g/mol. The molecule has 0 bridgehead atoms. The van der Waals surface area contributed by atoms with Gasteiger partial charge in [0.15, 0.2) is 0 Å². The molecule has 0 spiro atoms. The quantitative estimate of drug-likeness (QED) is 0.419. The van der Waals surface area contributed by atoms with E-state index in [0.717, 1.165) is 5.56 Å². The average Bonchev–Trinajstić information content (AvgIpc) is 2.51. The summed E-state index contributed by atoms with van der Waals surface area (Å²) in [5.41, 5.74) is 1.06. The maximum Gasteiger partial charge on any atom is 0.0739 e. The van der Waals surface area contributed by atoms with E-state index in [-0.39, 0.29) is 32.2 Å². The Hall–Kier alpha value is -1.02. The van der Waals surface area contributed by atoms with Gasteiger partial charge in [0, 0.05) is 25.7 Å². The van der Waals surface area contributed by atoms with Gasteiger partial charge in [-0.05, 0) is 25.3 Å². The monoisotopic (exact) mass is 327 g/mol. The number of rotatable bonds is 12. The molecule has 1 rings (SSSR count). The summed E-state index contributed by atoms with van der Waals surface area (Å²) in [6.45, 7) is 2.62. The molecule has 0 saturated heterocycles. The van der Waals surface area contributed by atoms with Crippen molar-refractivity contribution in [1.29, 1.82) is 0 Å². The largest absolute Gasteiger partial charge is 0.396 e. The Labute approximate surface area is 137 Å². The fourth-order valence-electron chi connectivity index (χ4n) is 2.37. The highest BCUT2D eigenvalue weighted by molar-refractivity contribution is 5.14. The normalized spacial score (nSPS) is 15.6. The number of benzene rings is 1. The topological polar surface area (TPSA) is 93.4 Å².